The number of hydrogen-bond donors (Lipinski definition) is 1. The van der Waals surface area contributed by atoms with Crippen LogP contribution in [0.15, 0.2) is 66.6 Å². The van der Waals surface area contributed by atoms with Gasteiger partial charge in [0.15, 0.2) is 11.8 Å². The molecule has 0 unspecified atom stereocenters. The summed E-state index contributed by atoms with van der Waals surface area (Å²) in [5.74, 6) is -0.997. The van der Waals surface area contributed by atoms with Crippen LogP contribution in [0.25, 0.3) is 16.3 Å². The summed E-state index contributed by atoms with van der Waals surface area (Å²) in [5, 5.41) is 9.11. The van der Waals surface area contributed by atoms with E-state index >= 15 is 0 Å². The first-order valence-corrected chi connectivity index (χ1v) is 9.27. The van der Waals surface area contributed by atoms with E-state index in [0.29, 0.717) is 12.2 Å². The standard InChI is InChI=1S/C20H19N3O3S/c1-3-11-21-19(24)14(2)26-20(25)17-13-16(18-10-7-12-27-18)22-23(17)15-8-5-4-6-9-15/h3-10,12-14H,1,11H2,2H3,(H,21,24)/t14-/m0/s1. The number of nitrogens with zero attached hydrogens (tertiary/aromatic N) is 2. The first-order valence-electron chi connectivity index (χ1n) is 8.39. The van der Waals surface area contributed by atoms with Gasteiger partial charge in [-0.15, -0.1) is 17.9 Å². The summed E-state index contributed by atoms with van der Waals surface area (Å²) in [4.78, 5) is 25.6. The second-order valence-electron chi connectivity index (χ2n) is 5.72. The number of hydrogen-bond acceptors (Lipinski definition) is 5. The fourth-order valence-electron chi connectivity index (χ4n) is 2.43. The van der Waals surface area contributed by atoms with Gasteiger partial charge in [-0.1, -0.05) is 30.3 Å². The summed E-state index contributed by atoms with van der Waals surface area (Å²) >= 11 is 1.53. The number of para-hydroxylation sites is 1. The molecule has 2 heterocycles. The highest BCUT2D eigenvalue weighted by molar-refractivity contribution is 7.13. The molecule has 3 aromatic rings. The summed E-state index contributed by atoms with van der Waals surface area (Å²) in [6, 6.07) is 14.8. The molecule has 1 aromatic carbocycles. The summed E-state index contributed by atoms with van der Waals surface area (Å²) in [7, 11) is 0. The van der Waals surface area contributed by atoms with Gasteiger partial charge in [0, 0.05) is 12.6 Å². The van der Waals surface area contributed by atoms with Crippen molar-refractivity contribution in [3.05, 3.63) is 72.3 Å². The second-order valence-corrected chi connectivity index (χ2v) is 6.67. The number of esters is 1. The lowest BCUT2D eigenvalue weighted by atomic mass is 10.3. The predicted molar refractivity (Wildman–Crippen MR) is 105 cm³/mol. The number of thiophene rings is 1. The van der Waals surface area contributed by atoms with E-state index in [-0.39, 0.29) is 11.6 Å². The monoisotopic (exact) mass is 381 g/mol. The molecule has 0 radical (unpaired) electrons. The average molecular weight is 381 g/mol. The first kappa shape index (κ1) is 18.6. The number of benzene rings is 1. The van der Waals surface area contributed by atoms with E-state index in [2.05, 4.69) is 17.0 Å². The molecule has 0 saturated carbocycles. The molecule has 138 valence electrons. The van der Waals surface area contributed by atoms with Crippen LogP contribution in [0.4, 0.5) is 0 Å². The molecule has 0 saturated heterocycles. The van der Waals surface area contributed by atoms with Gasteiger partial charge in [0.25, 0.3) is 5.91 Å². The van der Waals surface area contributed by atoms with E-state index < -0.39 is 12.1 Å². The van der Waals surface area contributed by atoms with Crippen molar-refractivity contribution < 1.29 is 14.3 Å². The third kappa shape index (κ3) is 4.32. The molecule has 2 aromatic heterocycles. The number of aromatic nitrogens is 2. The molecule has 1 amide bonds. The Balaban J connectivity index is 1.90. The van der Waals surface area contributed by atoms with Crippen LogP contribution in [0.1, 0.15) is 17.4 Å². The van der Waals surface area contributed by atoms with Crippen molar-refractivity contribution in [1.29, 1.82) is 0 Å². The Labute approximate surface area is 161 Å². The fraction of sp³-hybridized carbons (Fsp3) is 0.150. The molecular formula is C20H19N3O3S. The zero-order valence-corrected chi connectivity index (χ0v) is 15.6. The molecule has 1 atom stereocenters. The molecule has 0 spiro atoms. The summed E-state index contributed by atoms with van der Waals surface area (Å²) in [5.41, 5.74) is 1.66. The molecule has 0 aliphatic rings. The highest BCUT2D eigenvalue weighted by Crippen LogP contribution is 2.26. The lowest BCUT2D eigenvalue weighted by molar-refractivity contribution is -0.128. The first-order chi connectivity index (χ1) is 13.1. The smallest absolute Gasteiger partial charge is 0.357 e. The molecule has 0 bridgehead atoms. The van der Waals surface area contributed by atoms with Crippen LogP contribution in [-0.2, 0) is 9.53 Å². The normalized spacial score (nSPS) is 11.6. The van der Waals surface area contributed by atoms with Gasteiger partial charge in [0.2, 0.25) is 0 Å². The molecule has 0 fully saturated rings. The fourth-order valence-corrected chi connectivity index (χ4v) is 3.11. The van der Waals surface area contributed by atoms with Gasteiger partial charge in [-0.25, -0.2) is 9.48 Å². The summed E-state index contributed by atoms with van der Waals surface area (Å²) in [6.45, 7) is 5.38. The van der Waals surface area contributed by atoms with Gasteiger partial charge in [-0.3, -0.25) is 4.79 Å². The van der Waals surface area contributed by atoms with Gasteiger partial charge < -0.3 is 10.1 Å². The van der Waals surface area contributed by atoms with E-state index in [4.69, 9.17) is 4.74 Å². The van der Waals surface area contributed by atoms with E-state index in [0.717, 1.165) is 10.6 Å². The topological polar surface area (TPSA) is 73.2 Å². The SMILES string of the molecule is C=CCNC(=O)[C@H](C)OC(=O)c1cc(-c2cccs2)nn1-c1ccccc1. The zero-order valence-electron chi connectivity index (χ0n) is 14.8. The van der Waals surface area contributed by atoms with Crippen molar-refractivity contribution >= 4 is 23.2 Å². The lowest BCUT2D eigenvalue weighted by Crippen LogP contribution is -2.36. The van der Waals surface area contributed by atoms with Gasteiger partial charge in [0.05, 0.1) is 10.6 Å². The third-order valence-electron chi connectivity index (χ3n) is 3.77. The van der Waals surface area contributed by atoms with Crippen LogP contribution >= 0.6 is 11.3 Å². The van der Waals surface area contributed by atoms with Crippen LogP contribution in [0.5, 0.6) is 0 Å². The molecule has 27 heavy (non-hydrogen) atoms. The average Bonchev–Trinajstić information content (AvgIpc) is 3.36. The number of nitrogens with one attached hydrogen (secondary N) is 1. The van der Waals surface area contributed by atoms with Crippen LogP contribution in [-0.4, -0.2) is 34.3 Å². The molecular weight excluding hydrogens is 362 g/mol. The maximum Gasteiger partial charge on any atom is 0.357 e. The Morgan fingerprint density at radius 2 is 2.07 bits per heavy atom. The second kappa shape index (κ2) is 8.46. The lowest BCUT2D eigenvalue weighted by Gasteiger charge is -2.13. The number of carbonyl (C=O) groups excluding carboxylic acids is 2. The Bertz CT molecular complexity index is 933. The minimum absolute atomic E-state index is 0.257. The highest BCUT2D eigenvalue weighted by atomic mass is 32.1. The van der Waals surface area contributed by atoms with Crippen LogP contribution in [0, 0.1) is 0 Å². The van der Waals surface area contributed by atoms with E-state index in [9.17, 15) is 9.59 Å². The largest absolute Gasteiger partial charge is 0.448 e. The van der Waals surface area contributed by atoms with E-state index in [1.54, 1.807) is 12.1 Å². The Hall–Kier alpha value is -3.19. The Morgan fingerprint density at radius 1 is 1.30 bits per heavy atom. The number of ether oxygens (including phenoxy) is 1. The highest BCUT2D eigenvalue weighted by Gasteiger charge is 2.23. The predicted octanol–water partition coefficient (Wildman–Crippen LogP) is 3.45. The van der Waals surface area contributed by atoms with Crippen molar-refractivity contribution in [2.24, 2.45) is 0 Å². The summed E-state index contributed by atoms with van der Waals surface area (Å²) in [6.07, 6.45) is 0.631. The van der Waals surface area contributed by atoms with Gasteiger partial charge in [0.1, 0.15) is 5.69 Å². The van der Waals surface area contributed by atoms with Crippen molar-refractivity contribution in [3.8, 4) is 16.3 Å². The number of carbonyl (C=O) groups is 2. The minimum atomic E-state index is -0.929. The Morgan fingerprint density at radius 3 is 2.74 bits per heavy atom. The maximum atomic E-state index is 12.7. The van der Waals surface area contributed by atoms with Crippen molar-refractivity contribution in [2.75, 3.05) is 6.54 Å². The molecule has 7 heteroatoms. The Kier molecular flexibility index (Phi) is 5.83. The van der Waals surface area contributed by atoms with E-state index in [1.165, 1.54) is 22.9 Å². The van der Waals surface area contributed by atoms with E-state index in [1.807, 2.05) is 47.8 Å². The molecule has 0 aliphatic carbocycles. The molecule has 0 aliphatic heterocycles. The van der Waals surface area contributed by atoms with Gasteiger partial charge in [-0.2, -0.15) is 5.10 Å². The number of rotatable bonds is 7. The summed E-state index contributed by atoms with van der Waals surface area (Å²) < 4.78 is 6.88. The van der Waals surface area contributed by atoms with Crippen molar-refractivity contribution in [3.63, 3.8) is 0 Å². The van der Waals surface area contributed by atoms with Crippen LogP contribution in [0.3, 0.4) is 0 Å². The minimum Gasteiger partial charge on any atom is -0.448 e. The molecule has 6 nitrogen and oxygen atoms in total. The number of amides is 1. The molecule has 1 N–H and O–H groups in total. The third-order valence-corrected chi connectivity index (χ3v) is 4.66. The quantitative estimate of drug-likeness (QED) is 0.503. The van der Waals surface area contributed by atoms with Gasteiger partial charge in [-0.05, 0) is 30.5 Å². The van der Waals surface area contributed by atoms with Gasteiger partial charge >= 0.3 is 5.97 Å². The zero-order chi connectivity index (χ0) is 19.2. The van der Waals surface area contributed by atoms with Crippen molar-refractivity contribution in [1.82, 2.24) is 15.1 Å². The van der Waals surface area contributed by atoms with Crippen molar-refractivity contribution in [2.45, 2.75) is 13.0 Å². The maximum absolute atomic E-state index is 12.7. The van der Waals surface area contributed by atoms with Crippen LogP contribution < -0.4 is 5.32 Å². The van der Waals surface area contributed by atoms with Crippen LogP contribution in [0.2, 0.25) is 0 Å². The molecule has 3 rings (SSSR count).